The average molecular weight is 211 g/mol. The fraction of sp³-hybridized carbons (Fsp3) is 0.455. The van der Waals surface area contributed by atoms with Gasteiger partial charge < -0.3 is 10.4 Å². The highest BCUT2D eigenvalue weighted by Gasteiger charge is 2.01. The van der Waals surface area contributed by atoms with Crippen LogP contribution in [0.15, 0.2) is 29.2 Å². The number of benzene rings is 1. The average Bonchev–Trinajstić information content (AvgIpc) is 2.26. The lowest BCUT2D eigenvalue weighted by Crippen LogP contribution is -2.11. The molecule has 0 saturated carbocycles. The van der Waals surface area contributed by atoms with E-state index >= 15 is 0 Å². The van der Waals surface area contributed by atoms with Gasteiger partial charge in [0, 0.05) is 16.7 Å². The van der Waals surface area contributed by atoms with Gasteiger partial charge in [0.05, 0.1) is 6.61 Å². The summed E-state index contributed by atoms with van der Waals surface area (Å²) in [6, 6.07) is 8.85. The maximum atomic E-state index is 8.68. The fourth-order valence-corrected chi connectivity index (χ4v) is 1.84. The third-order valence-electron chi connectivity index (χ3n) is 2.17. The molecule has 78 valence electrons. The van der Waals surface area contributed by atoms with Gasteiger partial charge in [-0.2, -0.15) is 0 Å². The predicted molar refractivity (Wildman–Crippen MR) is 61.7 cm³/mol. The number of rotatable bonds is 5. The number of hydrogen-bond donors (Lipinski definition) is 2. The molecule has 0 fully saturated rings. The van der Waals surface area contributed by atoms with E-state index in [1.165, 1.54) is 10.5 Å². The van der Waals surface area contributed by atoms with E-state index < -0.39 is 0 Å². The van der Waals surface area contributed by atoms with Crippen molar-refractivity contribution in [2.24, 2.45) is 0 Å². The van der Waals surface area contributed by atoms with E-state index in [4.69, 9.17) is 5.11 Å². The van der Waals surface area contributed by atoms with Crippen LogP contribution < -0.4 is 5.32 Å². The highest BCUT2D eigenvalue weighted by Crippen LogP contribution is 2.20. The summed E-state index contributed by atoms with van der Waals surface area (Å²) in [4.78, 5) is 1.21. The molecule has 1 aromatic rings. The van der Waals surface area contributed by atoms with Crippen molar-refractivity contribution < 1.29 is 5.11 Å². The Morgan fingerprint density at radius 3 is 2.50 bits per heavy atom. The van der Waals surface area contributed by atoms with Crippen LogP contribution in [-0.4, -0.2) is 24.5 Å². The highest BCUT2D eigenvalue weighted by molar-refractivity contribution is 7.99. The van der Waals surface area contributed by atoms with E-state index in [-0.39, 0.29) is 6.61 Å². The third kappa shape index (κ3) is 3.33. The first-order valence-electron chi connectivity index (χ1n) is 4.79. The topological polar surface area (TPSA) is 32.3 Å². The lowest BCUT2D eigenvalue weighted by Gasteiger charge is -2.10. The molecule has 2 nitrogen and oxygen atoms in total. The van der Waals surface area contributed by atoms with Crippen molar-refractivity contribution in [3.8, 4) is 0 Å². The lowest BCUT2D eigenvalue weighted by atomic mass is 10.1. The van der Waals surface area contributed by atoms with E-state index in [9.17, 15) is 0 Å². The molecule has 2 N–H and O–H groups in total. The molecule has 3 heteroatoms. The zero-order chi connectivity index (χ0) is 10.4. The number of hydrogen-bond acceptors (Lipinski definition) is 3. The van der Waals surface area contributed by atoms with Crippen LogP contribution in [0.4, 0.5) is 0 Å². The summed E-state index contributed by atoms with van der Waals surface area (Å²) in [5.41, 5.74) is 1.29. The number of nitrogens with one attached hydrogen (secondary N) is 1. The quantitative estimate of drug-likeness (QED) is 0.731. The molecule has 1 atom stereocenters. The van der Waals surface area contributed by atoms with Crippen molar-refractivity contribution in [2.75, 3.05) is 19.4 Å². The van der Waals surface area contributed by atoms with Crippen LogP contribution in [0.3, 0.4) is 0 Å². The van der Waals surface area contributed by atoms with Gasteiger partial charge in [-0.05, 0) is 31.7 Å². The molecule has 0 radical (unpaired) electrons. The zero-order valence-corrected chi connectivity index (χ0v) is 9.47. The van der Waals surface area contributed by atoms with Gasteiger partial charge >= 0.3 is 0 Å². The van der Waals surface area contributed by atoms with Gasteiger partial charge in [0.2, 0.25) is 0 Å². The summed E-state index contributed by atoms with van der Waals surface area (Å²) in [5.74, 6) is 0.765. The van der Waals surface area contributed by atoms with Crippen molar-refractivity contribution in [1.29, 1.82) is 0 Å². The van der Waals surface area contributed by atoms with Gasteiger partial charge in [0.25, 0.3) is 0 Å². The Balaban J connectivity index is 2.59. The van der Waals surface area contributed by atoms with Crippen molar-refractivity contribution >= 4 is 11.8 Å². The molecule has 1 rings (SSSR count). The van der Waals surface area contributed by atoms with Gasteiger partial charge in [0.1, 0.15) is 0 Å². The molecule has 14 heavy (non-hydrogen) atoms. The van der Waals surface area contributed by atoms with Crippen LogP contribution in [0.5, 0.6) is 0 Å². The first-order valence-corrected chi connectivity index (χ1v) is 5.77. The molecule has 0 spiro atoms. The fourth-order valence-electron chi connectivity index (χ4n) is 1.18. The van der Waals surface area contributed by atoms with Gasteiger partial charge in [-0.3, -0.25) is 0 Å². The lowest BCUT2D eigenvalue weighted by molar-refractivity contribution is 0.322. The normalized spacial score (nSPS) is 12.8. The molecule has 0 saturated heterocycles. The summed E-state index contributed by atoms with van der Waals surface area (Å²) < 4.78 is 0. The Morgan fingerprint density at radius 2 is 2.00 bits per heavy atom. The molecule has 0 aliphatic heterocycles. The van der Waals surface area contributed by atoms with Gasteiger partial charge in [-0.15, -0.1) is 11.8 Å². The Hall–Kier alpha value is -0.510. The Labute approximate surface area is 89.7 Å². The Morgan fingerprint density at radius 1 is 1.36 bits per heavy atom. The van der Waals surface area contributed by atoms with E-state index in [0.717, 1.165) is 5.75 Å². The maximum Gasteiger partial charge on any atom is 0.0525 e. The van der Waals surface area contributed by atoms with Crippen LogP contribution in [-0.2, 0) is 0 Å². The van der Waals surface area contributed by atoms with E-state index in [0.29, 0.717) is 6.04 Å². The molecular formula is C11H17NOS. The second-order valence-electron chi connectivity index (χ2n) is 3.15. The van der Waals surface area contributed by atoms with Crippen molar-refractivity contribution in [1.82, 2.24) is 5.32 Å². The van der Waals surface area contributed by atoms with Crippen LogP contribution in [0.25, 0.3) is 0 Å². The van der Waals surface area contributed by atoms with Crippen LogP contribution >= 0.6 is 11.8 Å². The first kappa shape index (κ1) is 11.6. The van der Waals surface area contributed by atoms with E-state index in [1.807, 2.05) is 7.05 Å². The maximum absolute atomic E-state index is 8.68. The Kier molecular flexibility index (Phi) is 5.01. The SMILES string of the molecule is CNC(C)c1ccc(SCCO)cc1. The van der Waals surface area contributed by atoms with E-state index in [1.54, 1.807) is 11.8 Å². The number of aliphatic hydroxyl groups is 1. The standard InChI is InChI=1S/C11H17NOS/c1-9(12-2)10-3-5-11(6-4-10)14-8-7-13/h3-6,9,12-13H,7-8H2,1-2H3. The van der Waals surface area contributed by atoms with Crippen molar-refractivity contribution in [3.05, 3.63) is 29.8 Å². The molecule has 1 aromatic carbocycles. The van der Waals surface area contributed by atoms with Crippen molar-refractivity contribution in [2.45, 2.75) is 17.9 Å². The van der Waals surface area contributed by atoms with Gasteiger partial charge in [-0.25, -0.2) is 0 Å². The molecule has 0 aliphatic carbocycles. The van der Waals surface area contributed by atoms with Crippen LogP contribution in [0, 0.1) is 0 Å². The van der Waals surface area contributed by atoms with Crippen LogP contribution in [0.2, 0.25) is 0 Å². The smallest absolute Gasteiger partial charge is 0.0525 e. The Bertz CT molecular complexity index is 260. The molecule has 0 aliphatic rings. The second kappa shape index (κ2) is 6.06. The first-order chi connectivity index (χ1) is 6.77. The minimum atomic E-state index is 0.235. The largest absolute Gasteiger partial charge is 0.396 e. The summed E-state index contributed by atoms with van der Waals surface area (Å²) in [7, 11) is 1.96. The highest BCUT2D eigenvalue weighted by atomic mass is 32.2. The summed E-state index contributed by atoms with van der Waals surface area (Å²) in [6.07, 6.45) is 0. The molecule has 0 heterocycles. The van der Waals surface area contributed by atoms with Crippen LogP contribution in [0.1, 0.15) is 18.5 Å². The van der Waals surface area contributed by atoms with Gasteiger partial charge in [0.15, 0.2) is 0 Å². The molecular weight excluding hydrogens is 194 g/mol. The van der Waals surface area contributed by atoms with E-state index in [2.05, 4.69) is 36.5 Å². The number of aliphatic hydroxyl groups excluding tert-OH is 1. The molecule has 0 amide bonds. The summed E-state index contributed by atoms with van der Waals surface area (Å²) >= 11 is 1.68. The third-order valence-corrected chi connectivity index (χ3v) is 3.17. The zero-order valence-electron chi connectivity index (χ0n) is 8.66. The van der Waals surface area contributed by atoms with Gasteiger partial charge in [-0.1, -0.05) is 12.1 Å². The predicted octanol–water partition coefficient (Wildman–Crippen LogP) is 2.05. The monoisotopic (exact) mass is 211 g/mol. The molecule has 1 unspecified atom stereocenters. The summed E-state index contributed by atoms with van der Waals surface area (Å²) in [5, 5.41) is 11.9. The number of thioether (sulfide) groups is 1. The van der Waals surface area contributed by atoms with Crippen molar-refractivity contribution in [3.63, 3.8) is 0 Å². The summed E-state index contributed by atoms with van der Waals surface area (Å²) in [6.45, 7) is 2.37. The molecule has 0 bridgehead atoms. The second-order valence-corrected chi connectivity index (χ2v) is 4.32. The minimum Gasteiger partial charge on any atom is -0.396 e. The molecule has 0 aromatic heterocycles. The minimum absolute atomic E-state index is 0.235.